The number of carbonyl (C=O) groups is 2. The lowest BCUT2D eigenvalue weighted by Crippen LogP contribution is -2.44. The Labute approximate surface area is 188 Å². The van der Waals surface area contributed by atoms with Crippen LogP contribution < -0.4 is 9.64 Å². The van der Waals surface area contributed by atoms with Gasteiger partial charge in [0.25, 0.3) is 0 Å². The lowest BCUT2D eigenvalue weighted by Gasteiger charge is -2.28. The van der Waals surface area contributed by atoms with Gasteiger partial charge in [0.15, 0.2) is 0 Å². The fraction of sp³-hybridized carbons (Fsp3) is 0.435. The predicted octanol–water partition coefficient (Wildman–Crippen LogP) is 6.06. The molecule has 2 rings (SSSR count). The van der Waals surface area contributed by atoms with Gasteiger partial charge in [-0.2, -0.15) is 4.90 Å². The van der Waals surface area contributed by atoms with Gasteiger partial charge >= 0.3 is 12.2 Å². The second-order valence-electron chi connectivity index (χ2n) is 8.78. The van der Waals surface area contributed by atoms with Gasteiger partial charge in [-0.25, -0.2) is 14.6 Å². The minimum absolute atomic E-state index is 0.136. The molecule has 0 aliphatic heterocycles. The molecule has 168 valence electrons. The Bertz CT molecular complexity index is 856. The molecule has 0 saturated carbocycles. The summed E-state index contributed by atoms with van der Waals surface area (Å²) in [7, 11) is 1.63. The lowest BCUT2D eigenvalue weighted by molar-refractivity contribution is 0.0429. The maximum atomic E-state index is 12.7. The summed E-state index contributed by atoms with van der Waals surface area (Å²) in [6, 6.07) is 11.2. The summed E-state index contributed by atoms with van der Waals surface area (Å²) < 4.78 is 15.9. The fourth-order valence-corrected chi connectivity index (χ4v) is 3.17. The normalized spacial score (nSPS) is 11.6. The van der Waals surface area contributed by atoms with Gasteiger partial charge in [-0.3, -0.25) is 0 Å². The third-order valence-electron chi connectivity index (χ3n) is 3.67. The number of hydrogen-bond donors (Lipinski definition) is 0. The Hall–Kier alpha value is -2.74. The summed E-state index contributed by atoms with van der Waals surface area (Å²) in [5.41, 5.74) is -0.407. The molecule has 0 saturated heterocycles. The van der Waals surface area contributed by atoms with Crippen molar-refractivity contribution in [2.75, 3.05) is 12.0 Å². The Kier molecular flexibility index (Phi) is 7.95. The summed E-state index contributed by atoms with van der Waals surface area (Å²) in [5, 5.41) is 0. The van der Waals surface area contributed by atoms with Crippen molar-refractivity contribution >= 4 is 29.8 Å². The first-order valence-electron chi connectivity index (χ1n) is 9.86. The first kappa shape index (κ1) is 24.5. The van der Waals surface area contributed by atoms with Gasteiger partial charge in [-0.1, -0.05) is 12.1 Å². The molecular formula is C23H30N2O5S. The molecular weight excluding hydrogens is 416 g/mol. The average Bonchev–Trinajstić information content (AvgIpc) is 2.65. The molecule has 0 spiro atoms. The highest BCUT2D eigenvalue weighted by Crippen LogP contribution is 2.26. The molecule has 0 N–H and O–H groups in total. The van der Waals surface area contributed by atoms with Crippen molar-refractivity contribution in [1.29, 1.82) is 0 Å². The molecule has 0 fully saturated rings. The van der Waals surface area contributed by atoms with Gasteiger partial charge in [0.2, 0.25) is 0 Å². The van der Waals surface area contributed by atoms with Crippen molar-refractivity contribution in [3.63, 3.8) is 0 Å². The summed E-state index contributed by atoms with van der Waals surface area (Å²) in [4.78, 5) is 31.4. The molecule has 31 heavy (non-hydrogen) atoms. The highest BCUT2D eigenvalue weighted by molar-refractivity contribution is 7.98. The standard InChI is InChI=1S/C23H30N2O5S/c1-22(2,3)29-20(26)25(21(27)30-23(4,5)6)19-13-12-18(14-24-19)31-15-16-8-10-17(28-7)11-9-16/h8-14H,15H2,1-7H3. The van der Waals surface area contributed by atoms with Crippen molar-refractivity contribution in [1.82, 2.24) is 4.98 Å². The number of imide groups is 1. The van der Waals surface area contributed by atoms with Crippen LogP contribution in [0, 0.1) is 0 Å². The number of nitrogens with zero attached hydrogens (tertiary/aromatic N) is 2. The van der Waals surface area contributed by atoms with Crippen LogP contribution >= 0.6 is 11.8 Å². The SMILES string of the molecule is COc1ccc(CSc2ccc(N(C(=O)OC(C)(C)C)C(=O)OC(C)(C)C)nc2)cc1. The summed E-state index contributed by atoms with van der Waals surface area (Å²) in [6.45, 7) is 10.4. The van der Waals surface area contributed by atoms with Crippen LogP contribution in [0.5, 0.6) is 5.75 Å². The van der Waals surface area contributed by atoms with Crippen LogP contribution in [0.3, 0.4) is 0 Å². The molecule has 2 amide bonds. The van der Waals surface area contributed by atoms with E-state index in [0.29, 0.717) is 0 Å². The van der Waals surface area contributed by atoms with Gasteiger partial charge in [-0.15, -0.1) is 11.8 Å². The molecule has 0 aliphatic carbocycles. The fourth-order valence-electron chi connectivity index (χ4n) is 2.36. The molecule has 0 atom stereocenters. The molecule has 7 nitrogen and oxygen atoms in total. The number of carbonyl (C=O) groups excluding carboxylic acids is 2. The maximum absolute atomic E-state index is 12.7. The van der Waals surface area contributed by atoms with Crippen LogP contribution in [0.15, 0.2) is 47.5 Å². The Morgan fingerprint density at radius 1 is 0.903 bits per heavy atom. The smallest absolute Gasteiger partial charge is 0.425 e. The molecule has 1 aromatic heterocycles. The monoisotopic (exact) mass is 446 g/mol. The van der Waals surface area contributed by atoms with E-state index < -0.39 is 23.4 Å². The van der Waals surface area contributed by atoms with Crippen molar-refractivity contribution in [3.05, 3.63) is 48.2 Å². The van der Waals surface area contributed by atoms with E-state index in [0.717, 1.165) is 26.9 Å². The molecule has 0 unspecified atom stereocenters. The average molecular weight is 447 g/mol. The Balaban J connectivity index is 2.15. The number of amides is 2. The number of thioether (sulfide) groups is 1. The van der Waals surface area contributed by atoms with Gasteiger partial charge in [-0.05, 0) is 71.4 Å². The van der Waals surface area contributed by atoms with E-state index in [9.17, 15) is 9.59 Å². The van der Waals surface area contributed by atoms with Gasteiger partial charge in [0, 0.05) is 16.8 Å². The predicted molar refractivity (Wildman–Crippen MR) is 122 cm³/mol. The zero-order chi connectivity index (χ0) is 23.2. The number of hydrogen-bond acceptors (Lipinski definition) is 7. The first-order valence-corrected chi connectivity index (χ1v) is 10.8. The van der Waals surface area contributed by atoms with E-state index >= 15 is 0 Å². The van der Waals surface area contributed by atoms with E-state index in [4.69, 9.17) is 14.2 Å². The van der Waals surface area contributed by atoms with Crippen LogP contribution in [0.1, 0.15) is 47.1 Å². The third-order valence-corrected chi connectivity index (χ3v) is 4.72. The summed E-state index contributed by atoms with van der Waals surface area (Å²) in [6.07, 6.45) is -0.0635. The quantitative estimate of drug-likeness (QED) is 0.517. The van der Waals surface area contributed by atoms with Crippen LogP contribution in [-0.2, 0) is 15.2 Å². The van der Waals surface area contributed by atoms with E-state index in [-0.39, 0.29) is 5.82 Å². The highest BCUT2D eigenvalue weighted by Gasteiger charge is 2.33. The van der Waals surface area contributed by atoms with Gasteiger partial charge < -0.3 is 14.2 Å². The topological polar surface area (TPSA) is 78.0 Å². The van der Waals surface area contributed by atoms with Crippen LogP contribution in [0.25, 0.3) is 0 Å². The summed E-state index contributed by atoms with van der Waals surface area (Å²) >= 11 is 1.59. The van der Waals surface area contributed by atoms with E-state index in [1.165, 1.54) is 0 Å². The van der Waals surface area contributed by atoms with E-state index in [2.05, 4.69) is 4.98 Å². The number of aromatic nitrogens is 1. The van der Waals surface area contributed by atoms with Crippen LogP contribution in [0.2, 0.25) is 0 Å². The molecule has 1 heterocycles. The number of anilines is 1. The molecule has 2 aromatic rings. The second-order valence-corrected chi connectivity index (χ2v) is 9.83. The number of methoxy groups -OCH3 is 1. The maximum Gasteiger partial charge on any atom is 0.425 e. The largest absolute Gasteiger partial charge is 0.497 e. The molecule has 8 heteroatoms. The van der Waals surface area contributed by atoms with Crippen molar-refractivity contribution in [2.45, 2.75) is 63.4 Å². The first-order chi connectivity index (χ1) is 14.4. The third kappa shape index (κ3) is 8.13. The molecule has 0 aliphatic rings. The number of pyridine rings is 1. The van der Waals surface area contributed by atoms with Gasteiger partial charge in [0.05, 0.1) is 7.11 Å². The minimum Gasteiger partial charge on any atom is -0.497 e. The zero-order valence-corrected chi connectivity index (χ0v) is 19.9. The minimum atomic E-state index is -0.840. The van der Waals surface area contributed by atoms with Crippen molar-refractivity contribution in [2.24, 2.45) is 0 Å². The Morgan fingerprint density at radius 3 is 1.87 bits per heavy atom. The van der Waals surface area contributed by atoms with Gasteiger partial charge in [0.1, 0.15) is 22.8 Å². The highest BCUT2D eigenvalue weighted by atomic mass is 32.2. The van der Waals surface area contributed by atoms with E-state index in [1.54, 1.807) is 78.7 Å². The summed E-state index contributed by atoms with van der Waals surface area (Å²) in [5.74, 6) is 1.69. The number of rotatable bonds is 5. The molecule has 0 radical (unpaired) electrons. The van der Waals surface area contributed by atoms with Crippen LogP contribution in [0.4, 0.5) is 15.4 Å². The van der Waals surface area contributed by atoms with Crippen molar-refractivity contribution in [3.8, 4) is 5.75 Å². The number of benzene rings is 1. The Morgan fingerprint density at radius 2 is 1.45 bits per heavy atom. The molecule has 0 bridgehead atoms. The zero-order valence-electron chi connectivity index (χ0n) is 19.1. The van der Waals surface area contributed by atoms with Crippen LogP contribution in [-0.4, -0.2) is 35.5 Å². The molecule has 1 aromatic carbocycles. The number of ether oxygens (including phenoxy) is 3. The lowest BCUT2D eigenvalue weighted by atomic mass is 10.2. The van der Waals surface area contributed by atoms with E-state index in [1.807, 2.05) is 24.3 Å². The second kappa shape index (κ2) is 10.0. The van der Waals surface area contributed by atoms with Crippen molar-refractivity contribution < 1.29 is 23.8 Å².